The molecular formula is C25H34ClN3O4S. The molecule has 0 aromatic heterocycles. The first-order chi connectivity index (χ1) is 16.1. The molecule has 1 atom stereocenters. The Bertz CT molecular complexity index is 1060. The van der Waals surface area contributed by atoms with Gasteiger partial charge in [0.15, 0.2) is 0 Å². The van der Waals surface area contributed by atoms with Gasteiger partial charge in [0.05, 0.1) is 11.9 Å². The van der Waals surface area contributed by atoms with Gasteiger partial charge >= 0.3 is 0 Å². The molecule has 0 saturated heterocycles. The number of hydrogen-bond acceptors (Lipinski definition) is 4. The van der Waals surface area contributed by atoms with Crippen LogP contribution in [0.1, 0.15) is 44.7 Å². The highest BCUT2D eigenvalue weighted by atomic mass is 35.5. The quantitative estimate of drug-likeness (QED) is 0.470. The van der Waals surface area contributed by atoms with Crippen molar-refractivity contribution in [1.29, 1.82) is 0 Å². The summed E-state index contributed by atoms with van der Waals surface area (Å²) in [6.45, 7) is 6.43. The lowest BCUT2D eigenvalue weighted by molar-refractivity contribution is -0.140. The van der Waals surface area contributed by atoms with Gasteiger partial charge in [0.1, 0.15) is 6.04 Å². The molecule has 0 saturated carbocycles. The number of likely N-dealkylation sites (N-methyl/N-ethyl adjacent to an activating group) is 1. The van der Waals surface area contributed by atoms with E-state index in [0.717, 1.165) is 23.8 Å². The predicted octanol–water partition coefficient (Wildman–Crippen LogP) is 4.00. The molecule has 1 unspecified atom stereocenters. The third kappa shape index (κ3) is 8.02. The van der Waals surface area contributed by atoms with Crippen molar-refractivity contribution >= 4 is 39.1 Å². The minimum absolute atomic E-state index is 0.108. The largest absolute Gasteiger partial charge is 0.355 e. The molecule has 2 aromatic carbocycles. The van der Waals surface area contributed by atoms with Gasteiger partial charge in [0, 0.05) is 31.1 Å². The Labute approximate surface area is 208 Å². The molecule has 2 amide bonds. The summed E-state index contributed by atoms with van der Waals surface area (Å²) in [5.74, 6) is -0.456. The zero-order valence-electron chi connectivity index (χ0n) is 20.3. The summed E-state index contributed by atoms with van der Waals surface area (Å²) in [6, 6.07) is 13.8. The second-order valence-corrected chi connectivity index (χ2v) is 10.5. The van der Waals surface area contributed by atoms with Crippen molar-refractivity contribution in [3.63, 3.8) is 0 Å². The molecule has 0 aliphatic carbocycles. The first-order valence-corrected chi connectivity index (χ1v) is 13.7. The standard InChI is InChI=1S/C25H34ClN3O4S/c1-5-20-11-15-23(16-12-20)29(34(4,32)33)17-7-8-24(30)28(19(3)25(31)27-6-2)18-21-9-13-22(26)14-10-21/h9-16,19H,5-8,17-18H2,1-4H3,(H,27,31). The Balaban J connectivity index is 2.13. The van der Waals surface area contributed by atoms with Gasteiger partial charge in [-0.1, -0.05) is 42.8 Å². The number of sulfonamides is 1. The Hall–Kier alpha value is -2.58. The van der Waals surface area contributed by atoms with E-state index in [1.54, 1.807) is 31.2 Å². The van der Waals surface area contributed by atoms with E-state index in [1.807, 2.05) is 38.1 Å². The molecule has 34 heavy (non-hydrogen) atoms. The van der Waals surface area contributed by atoms with Crippen molar-refractivity contribution < 1.29 is 18.0 Å². The van der Waals surface area contributed by atoms with Crippen LogP contribution >= 0.6 is 11.6 Å². The Morgan fingerprint density at radius 2 is 1.59 bits per heavy atom. The molecule has 7 nitrogen and oxygen atoms in total. The third-order valence-corrected chi connectivity index (χ3v) is 7.02. The summed E-state index contributed by atoms with van der Waals surface area (Å²) in [6.07, 6.45) is 2.45. The number of nitrogens with one attached hydrogen (secondary N) is 1. The van der Waals surface area contributed by atoms with Gasteiger partial charge in [0.25, 0.3) is 0 Å². The second kappa shape index (κ2) is 12.8. The molecule has 9 heteroatoms. The maximum absolute atomic E-state index is 13.2. The van der Waals surface area contributed by atoms with E-state index in [4.69, 9.17) is 11.6 Å². The van der Waals surface area contributed by atoms with Gasteiger partial charge < -0.3 is 10.2 Å². The number of anilines is 1. The fourth-order valence-corrected chi connectivity index (χ4v) is 4.68. The first-order valence-electron chi connectivity index (χ1n) is 11.4. The fraction of sp³-hybridized carbons (Fsp3) is 0.440. The van der Waals surface area contributed by atoms with E-state index in [9.17, 15) is 18.0 Å². The van der Waals surface area contributed by atoms with Crippen LogP contribution in [0.5, 0.6) is 0 Å². The normalized spacial score (nSPS) is 12.1. The first kappa shape index (κ1) is 27.7. The average Bonchev–Trinajstić information content (AvgIpc) is 2.80. The summed E-state index contributed by atoms with van der Waals surface area (Å²) in [7, 11) is -3.51. The Morgan fingerprint density at radius 3 is 2.12 bits per heavy atom. The summed E-state index contributed by atoms with van der Waals surface area (Å²) in [5, 5.41) is 3.35. The number of halogens is 1. The van der Waals surface area contributed by atoms with E-state index in [-0.39, 0.29) is 31.3 Å². The molecule has 0 fully saturated rings. The molecule has 0 spiro atoms. The number of aryl methyl sites for hydroxylation is 1. The van der Waals surface area contributed by atoms with Crippen molar-refractivity contribution in [3.8, 4) is 0 Å². The van der Waals surface area contributed by atoms with Crippen molar-refractivity contribution in [2.24, 2.45) is 0 Å². The number of benzene rings is 2. The minimum atomic E-state index is -3.51. The van der Waals surface area contributed by atoms with Crippen LogP contribution in [0.25, 0.3) is 0 Å². The van der Waals surface area contributed by atoms with Crippen LogP contribution in [-0.2, 0) is 32.6 Å². The highest BCUT2D eigenvalue weighted by Gasteiger charge is 2.26. The average molecular weight is 508 g/mol. The van der Waals surface area contributed by atoms with Gasteiger partial charge in [0.2, 0.25) is 21.8 Å². The van der Waals surface area contributed by atoms with Crippen LogP contribution in [-0.4, -0.2) is 50.5 Å². The van der Waals surface area contributed by atoms with Crippen LogP contribution < -0.4 is 9.62 Å². The van der Waals surface area contributed by atoms with Crippen molar-refractivity contribution in [1.82, 2.24) is 10.2 Å². The summed E-state index contributed by atoms with van der Waals surface area (Å²) < 4.78 is 26.1. The zero-order chi connectivity index (χ0) is 25.3. The SMILES string of the molecule is CCNC(=O)C(C)N(Cc1ccc(Cl)cc1)C(=O)CCCN(c1ccc(CC)cc1)S(C)(=O)=O. The van der Waals surface area contributed by atoms with Crippen LogP contribution in [0.3, 0.4) is 0 Å². The summed E-state index contributed by atoms with van der Waals surface area (Å²) in [4.78, 5) is 27.2. The van der Waals surface area contributed by atoms with Crippen LogP contribution in [0.4, 0.5) is 5.69 Å². The Kier molecular flexibility index (Phi) is 10.4. The third-order valence-electron chi connectivity index (χ3n) is 5.57. The minimum Gasteiger partial charge on any atom is -0.355 e. The molecule has 0 bridgehead atoms. The number of nitrogens with zero attached hydrogens (tertiary/aromatic N) is 2. The van der Waals surface area contributed by atoms with Gasteiger partial charge in [-0.2, -0.15) is 0 Å². The molecule has 0 radical (unpaired) electrons. The van der Waals surface area contributed by atoms with Crippen molar-refractivity contribution in [2.75, 3.05) is 23.7 Å². The Morgan fingerprint density at radius 1 is 1.00 bits per heavy atom. The summed E-state index contributed by atoms with van der Waals surface area (Å²) >= 11 is 5.97. The molecule has 0 aliphatic heterocycles. The number of carbonyl (C=O) groups excluding carboxylic acids is 2. The second-order valence-electron chi connectivity index (χ2n) is 8.18. The van der Waals surface area contributed by atoms with Crippen LogP contribution in [0.15, 0.2) is 48.5 Å². The molecule has 0 aliphatic rings. The maximum atomic E-state index is 13.2. The van der Waals surface area contributed by atoms with Gasteiger partial charge in [-0.05, 0) is 62.1 Å². The highest BCUT2D eigenvalue weighted by Crippen LogP contribution is 2.20. The van der Waals surface area contributed by atoms with Crippen LogP contribution in [0, 0.1) is 0 Å². The molecule has 1 N–H and O–H groups in total. The van der Waals surface area contributed by atoms with Crippen molar-refractivity contribution in [2.45, 2.75) is 52.6 Å². The van der Waals surface area contributed by atoms with Crippen molar-refractivity contribution in [3.05, 3.63) is 64.7 Å². The lowest BCUT2D eigenvalue weighted by Gasteiger charge is -2.29. The lowest BCUT2D eigenvalue weighted by atomic mass is 10.1. The van der Waals surface area contributed by atoms with Gasteiger partial charge in [-0.25, -0.2) is 8.42 Å². The molecule has 186 valence electrons. The number of rotatable bonds is 12. The number of carbonyl (C=O) groups is 2. The van der Waals surface area contributed by atoms with E-state index in [0.29, 0.717) is 23.7 Å². The van der Waals surface area contributed by atoms with Crippen LogP contribution in [0.2, 0.25) is 5.02 Å². The maximum Gasteiger partial charge on any atom is 0.242 e. The summed E-state index contributed by atoms with van der Waals surface area (Å²) in [5.41, 5.74) is 2.54. The van der Waals surface area contributed by atoms with E-state index < -0.39 is 16.1 Å². The van der Waals surface area contributed by atoms with E-state index in [1.165, 1.54) is 9.21 Å². The number of amides is 2. The highest BCUT2D eigenvalue weighted by molar-refractivity contribution is 7.92. The number of hydrogen-bond donors (Lipinski definition) is 1. The van der Waals surface area contributed by atoms with Gasteiger partial charge in [-0.15, -0.1) is 0 Å². The zero-order valence-corrected chi connectivity index (χ0v) is 21.8. The molecule has 2 aromatic rings. The molecule has 0 heterocycles. The van der Waals surface area contributed by atoms with E-state index in [2.05, 4.69) is 5.32 Å². The molecule has 2 rings (SSSR count). The monoisotopic (exact) mass is 507 g/mol. The smallest absolute Gasteiger partial charge is 0.242 e. The van der Waals surface area contributed by atoms with Gasteiger partial charge in [-0.3, -0.25) is 13.9 Å². The predicted molar refractivity (Wildman–Crippen MR) is 137 cm³/mol. The fourth-order valence-electron chi connectivity index (χ4n) is 3.59. The topological polar surface area (TPSA) is 86.8 Å². The van der Waals surface area contributed by atoms with E-state index >= 15 is 0 Å². The molecular weight excluding hydrogens is 474 g/mol. The lowest BCUT2D eigenvalue weighted by Crippen LogP contribution is -2.47.